The van der Waals surface area contributed by atoms with Gasteiger partial charge >= 0.3 is 5.97 Å². The molecule has 2 rings (SSSR count). The highest BCUT2D eigenvalue weighted by atomic mass is 35.5. The van der Waals surface area contributed by atoms with Crippen molar-refractivity contribution in [3.05, 3.63) is 30.0 Å². The van der Waals surface area contributed by atoms with Crippen molar-refractivity contribution < 1.29 is 14.6 Å². The van der Waals surface area contributed by atoms with E-state index >= 15 is 0 Å². The molecule has 0 amide bonds. The highest BCUT2D eigenvalue weighted by molar-refractivity contribution is 5.86. The SMILES string of the molecule is COc1ccc2[nH]cc(C[C@@H](N)C(=O)O)c2c1.Cl. The largest absolute Gasteiger partial charge is 0.497 e. The van der Waals surface area contributed by atoms with Gasteiger partial charge in [-0.2, -0.15) is 0 Å². The summed E-state index contributed by atoms with van der Waals surface area (Å²) < 4.78 is 5.14. The molecule has 0 bridgehead atoms. The second-order valence-electron chi connectivity index (χ2n) is 3.87. The number of halogens is 1. The first-order chi connectivity index (χ1) is 8.11. The van der Waals surface area contributed by atoms with Crippen LogP contribution >= 0.6 is 12.4 Å². The van der Waals surface area contributed by atoms with Crippen LogP contribution in [0.25, 0.3) is 10.9 Å². The van der Waals surface area contributed by atoms with E-state index in [-0.39, 0.29) is 12.4 Å². The maximum Gasteiger partial charge on any atom is 0.320 e. The van der Waals surface area contributed by atoms with Gasteiger partial charge in [-0.15, -0.1) is 12.4 Å². The summed E-state index contributed by atoms with van der Waals surface area (Å²) in [5, 5.41) is 9.74. The summed E-state index contributed by atoms with van der Waals surface area (Å²) in [6.07, 6.45) is 2.08. The second kappa shape index (κ2) is 5.75. The molecule has 0 saturated heterocycles. The van der Waals surface area contributed by atoms with Crippen LogP contribution in [0.5, 0.6) is 5.75 Å². The standard InChI is InChI=1S/C12H14N2O3.ClH/c1-17-8-2-3-11-9(5-8)7(6-14-11)4-10(13)12(15)16;/h2-3,5-6,10,14H,4,13H2,1H3,(H,15,16);1H/t10-;/m1./s1. The van der Waals surface area contributed by atoms with E-state index in [0.717, 1.165) is 22.2 Å². The van der Waals surface area contributed by atoms with Crippen molar-refractivity contribution >= 4 is 29.3 Å². The molecule has 4 N–H and O–H groups in total. The predicted octanol–water partition coefficient (Wildman–Crippen LogP) is 1.55. The molecule has 18 heavy (non-hydrogen) atoms. The number of fused-ring (bicyclic) bond motifs is 1. The number of ether oxygens (including phenoxy) is 1. The van der Waals surface area contributed by atoms with Crippen molar-refractivity contribution in [3.63, 3.8) is 0 Å². The highest BCUT2D eigenvalue weighted by Crippen LogP contribution is 2.24. The van der Waals surface area contributed by atoms with Crippen LogP contribution in [0.3, 0.4) is 0 Å². The Kier molecular flexibility index (Phi) is 4.58. The molecule has 0 unspecified atom stereocenters. The Morgan fingerprint density at radius 3 is 2.89 bits per heavy atom. The van der Waals surface area contributed by atoms with Crippen molar-refractivity contribution in [1.29, 1.82) is 0 Å². The van der Waals surface area contributed by atoms with Gasteiger partial charge < -0.3 is 20.6 Å². The van der Waals surface area contributed by atoms with E-state index < -0.39 is 12.0 Å². The minimum atomic E-state index is -0.998. The van der Waals surface area contributed by atoms with Gasteiger partial charge in [0.1, 0.15) is 11.8 Å². The van der Waals surface area contributed by atoms with E-state index in [4.69, 9.17) is 15.6 Å². The number of methoxy groups -OCH3 is 1. The van der Waals surface area contributed by atoms with Crippen LogP contribution in [0, 0.1) is 0 Å². The fraction of sp³-hybridized carbons (Fsp3) is 0.250. The number of H-pyrrole nitrogens is 1. The molecule has 1 aromatic carbocycles. The second-order valence-corrected chi connectivity index (χ2v) is 3.87. The first kappa shape index (κ1) is 14.3. The highest BCUT2D eigenvalue weighted by Gasteiger charge is 2.15. The molecule has 0 radical (unpaired) electrons. The van der Waals surface area contributed by atoms with Crippen molar-refractivity contribution in [2.75, 3.05) is 7.11 Å². The number of carboxylic acids is 1. The van der Waals surface area contributed by atoms with E-state index in [0.29, 0.717) is 6.42 Å². The van der Waals surface area contributed by atoms with Crippen LogP contribution < -0.4 is 10.5 Å². The summed E-state index contributed by atoms with van der Waals surface area (Å²) in [4.78, 5) is 13.8. The Morgan fingerprint density at radius 1 is 1.56 bits per heavy atom. The normalized spacial score (nSPS) is 11.9. The Hall–Kier alpha value is -1.72. The summed E-state index contributed by atoms with van der Waals surface area (Å²) in [7, 11) is 1.59. The van der Waals surface area contributed by atoms with Gasteiger partial charge in [0.05, 0.1) is 7.11 Å². The molecule has 0 saturated carbocycles. The van der Waals surface area contributed by atoms with Crippen LogP contribution in [0.15, 0.2) is 24.4 Å². The van der Waals surface area contributed by atoms with Gasteiger partial charge in [0.25, 0.3) is 0 Å². The molecule has 6 heteroatoms. The zero-order valence-corrected chi connectivity index (χ0v) is 10.7. The third-order valence-electron chi connectivity index (χ3n) is 2.73. The zero-order chi connectivity index (χ0) is 12.4. The molecular formula is C12H15ClN2O3. The summed E-state index contributed by atoms with van der Waals surface area (Å²) in [5.41, 5.74) is 7.35. The van der Waals surface area contributed by atoms with Crippen molar-refractivity contribution in [3.8, 4) is 5.75 Å². The van der Waals surface area contributed by atoms with Crippen LogP contribution in [0.4, 0.5) is 0 Å². The van der Waals surface area contributed by atoms with E-state index in [2.05, 4.69) is 4.98 Å². The van der Waals surface area contributed by atoms with Crippen LogP contribution in [0.2, 0.25) is 0 Å². The number of benzene rings is 1. The van der Waals surface area contributed by atoms with Gasteiger partial charge in [0.15, 0.2) is 0 Å². The molecule has 5 nitrogen and oxygen atoms in total. The van der Waals surface area contributed by atoms with Crippen molar-refractivity contribution in [1.82, 2.24) is 4.98 Å². The summed E-state index contributed by atoms with van der Waals surface area (Å²) in [6, 6.07) is 4.72. The summed E-state index contributed by atoms with van der Waals surface area (Å²) >= 11 is 0. The number of aromatic amines is 1. The molecule has 1 atom stereocenters. The van der Waals surface area contributed by atoms with E-state index in [1.165, 1.54) is 0 Å². The van der Waals surface area contributed by atoms with E-state index in [1.807, 2.05) is 18.2 Å². The molecule has 98 valence electrons. The number of hydrogen-bond donors (Lipinski definition) is 3. The Balaban J connectivity index is 0.00000162. The summed E-state index contributed by atoms with van der Waals surface area (Å²) in [5.74, 6) is -0.260. The lowest BCUT2D eigenvalue weighted by atomic mass is 10.1. The molecule has 0 aliphatic rings. The zero-order valence-electron chi connectivity index (χ0n) is 9.84. The Labute approximate surface area is 110 Å². The van der Waals surface area contributed by atoms with Gasteiger partial charge in [-0.25, -0.2) is 0 Å². The fourth-order valence-corrected chi connectivity index (χ4v) is 1.78. The molecule has 0 aliphatic heterocycles. The third kappa shape index (κ3) is 2.75. The van der Waals surface area contributed by atoms with Gasteiger partial charge in [0, 0.05) is 23.5 Å². The third-order valence-corrected chi connectivity index (χ3v) is 2.73. The first-order valence-corrected chi connectivity index (χ1v) is 5.24. The number of aromatic nitrogens is 1. The number of rotatable bonds is 4. The van der Waals surface area contributed by atoms with E-state index in [9.17, 15) is 4.79 Å². The molecule has 0 spiro atoms. The number of nitrogens with two attached hydrogens (primary N) is 1. The molecule has 1 aromatic heterocycles. The minimum absolute atomic E-state index is 0. The molecule has 1 heterocycles. The molecular weight excluding hydrogens is 256 g/mol. The lowest BCUT2D eigenvalue weighted by molar-refractivity contribution is -0.138. The number of carbonyl (C=O) groups is 1. The average molecular weight is 271 g/mol. The van der Waals surface area contributed by atoms with E-state index in [1.54, 1.807) is 13.3 Å². The van der Waals surface area contributed by atoms with Crippen LogP contribution in [-0.4, -0.2) is 29.2 Å². The van der Waals surface area contributed by atoms with Crippen molar-refractivity contribution in [2.24, 2.45) is 5.73 Å². The average Bonchev–Trinajstić information content (AvgIpc) is 2.71. The summed E-state index contributed by atoms with van der Waals surface area (Å²) in [6.45, 7) is 0. The number of nitrogens with one attached hydrogen (secondary N) is 1. The Bertz CT molecular complexity index is 553. The maximum absolute atomic E-state index is 10.7. The molecule has 0 aliphatic carbocycles. The monoisotopic (exact) mass is 270 g/mol. The minimum Gasteiger partial charge on any atom is -0.497 e. The number of aliphatic carboxylic acids is 1. The predicted molar refractivity (Wildman–Crippen MR) is 71.4 cm³/mol. The fourth-order valence-electron chi connectivity index (χ4n) is 1.78. The Morgan fingerprint density at radius 2 is 2.28 bits per heavy atom. The lowest BCUT2D eigenvalue weighted by Gasteiger charge is -2.05. The van der Waals surface area contributed by atoms with Crippen LogP contribution in [-0.2, 0) is 11.2 Å². The maximum atomic E-state index is 10.7. The van der Waals surface area contributed by atoms with Gasteiger partial charge in [-0.3, -0.25) is 4.79 Å². The van der Waals surface area contributed by atoms with Gasteiger partial charge in [0.2, 0.25) is 0 Å². The first-order valence-electron chi connectivity index (χ1n) is 5.24. The van der Waals surface area contributed by atoms with Crippen molar-refractivity contribution in [2.45, 2.75) is 12.5 Å². The topological polar surface area (TPSA) is 88.3 Å². The quantitative estimate of drug-likeness (QED) is 0.786. The van der Waals surface area contributed by atoms with Crippen LogP contribution in [0.1, 0.15) is 5.56 Å². The molecule has 2 aromatic rings. The number of hydrogen-bond acceptors (Lipinski definition) is 3. The van der Waals surface area contributed by atoms with Gasteiger partial charge in [-0.1, -0.05) is 0 Å². The smallest absolute Gasteiger partial charge is 0.320 e. The lowest BCUT2D eigenvalue weighted by Crippen LogP contribution is -2.32. The van der Waals surface area contributed by atoms with Gasteiger partial charge in [-0.05, 0) is 23.8 Å². The molecule has 0 fully saturated rings. The number of carboxylic acid groups (broad SMARTS) is 1.